The average Bonchev–Trinajstić information content (AvgIpc) is 2.41. The first-order chi connectivity index (χ1) is 8.72. The van der Waals surface area contributed by atoms with Crippen molar-refractivity contribution in [2.45, 2.75) is 19.4 Å². The molecule has 1 aromatic carbocycles. The lowest BCUT2D eigenvalue weighted by atomic mass is 10.0. The molecule has 0 radical (unpaired) electrons. The molecule has 0 aliphatic heterocycles. The van der Waals surface area contributed by atoms with E-state index in [9.17, 15) is 4.79 Å². The number of carbonyl (C=O) groups is 1. The fraction of sp³-hybridized carbons (Fsp3) is 0.500. The van der Waals surface area contributed by atoms with Crippen molar-refractivity contribution in [1.29, 1.82) is 0 Å². The number of benzene rings is 1. The van der Waals surface area contributed by atoms with Crippen LogP contribution in [0.15, 0.2) is 30.3 Å². The van der Waals surface area contributed by atoms with Crippen LogP contribution in [0.3, 0.4) is 0 Å². The molecule has 4 nitrogen and oxygen atoms in total. The third kappa shape index (κ3) is 4.13. The van der Waals surface area contributed by atoms with Gasteiger partial charge in [0.2, 0.25) is 0 Å². The Hall–Kier alpha value is -1.39. The molecular formula is C14H21NO3. The van der Waals surface area contributed by atoms with Gasteiger partial charge in [-0.2, -0.15) is 0 Å². The summed E-state index contributed by atoms with van der Waals surface area (Å²) in [6.07, 6.45) is 0.876. The fourth-order valence-electron chi connectivity index (χ4n) is 2.08. The summed E-state index contributed by atoms with van der Waals surface area (Å²) in [5.41, 5.74) is 1.15. The number of aliphatic hydroxyl groups is 1. The zero-order valence-electron chi connectivity index (χ0n) is 11.0. The largest absolute Gasteiger partial charge is 0.468 e. The quantitative estimate of drug-likeness (QED) is 0.748. The van der Waals surface area contributed by atoms with E-state index in [4.69, 9.17) is 9.84 Å². The van der Waals surface area contributed by atoms with Gasteiger partial charge in [0.15, 0.2) is 0 Å². The van der Waals surface area contributed by atoms with Crippen molar-refractivity contribution in [3.05, 3.63) is 35.9 Å². The summed E-state index contributed by atoms with van der Waals surface area (Å²) in [6.45, 7) is 2.76. The zero-order chi connectivity index (χ0) is 13.4. The maximum atomic E-state index is 11.4. The molecule has 1 atom stereocenters. The van der Waals surface area contributed by atoms with Crippen LogP contribution in [0.5, 0.6) is 0 Å². The summed E-state index contributed by atoms with van der Waals surface area (Å²) in [7, 11) is 1.38. The number of hydrogen-bond acceptors (Lipinski definition) is 4. The highest BCUT2D eigenvalue weighted by molar-refractivity contribution is 5.71. The summed E-state index contributed by atoms with van der Waals surface area (Å²) in [4.78, 5) is 13.3. The van der Waals surface area contributed by atoms with Crippen molar-refractivity contribution >= 4 is 5.97 Å². The third-order valence-electron chi connectivity index (χ3n) is 2.96. The maximum Gasteiger partial charge on any atom is 0.319 e. The molecule has 1 aromatic rings. The molecular weight excluding hydrogens is 230 g/mol. The number of aliphatic hydroxyl groups excluding tert-OH is 1. The number of rotatable bonds is 7. The molecule has 0 saturated carbocycles. The predicted octanol–water partition coefficient (Wildman–Crippen LogP) is 1.60. The van der Waals surface area contributed by atoms with Gasteiger partial charge in [0.25, 0.3) is 0 Å². The van der Waals surface area contributed by atoms with Crippen LogP contribution in [-0.4, -0.2) is 42.8 Å². The highest BCUT2D eigenvalue weighted by atomic mass is 16.5. The van der Waals surface area contributed by atoms with E-state index in [-0.39, 0.29) is 25.2 Å². The number of methoxy groups -OCH3 is 1. The van der Waals surface area contributed by atoms with Crippen molar-refractivity contribution in [2.75, 3.05) is 26.8 Å². The Bertz CT molecular complexity index is 353. The van der Waals surface area contributed by atoms with Gasteiger partial charge >= 0.3 is 5.97 Å². The molecule has 1 rings (SSSR count). The van der Waals surface area contributed by atoms with Crippen LogP contribution in [0, 0.1) is 0 Å². The maximum absolute atomic E-state index is 11.4. The number of carbonyl (C=O) groups excluding carboxylic acids is 1. The second-order valence-corrected chi connectivity index (χ2v) is 4.10. The number of hydrogen-bond donors (Lipinski definition) is 1. The summed E-state index contributed by atoms with van der Waals surface area (Å²) < 4.78 is 4.70. The number of esters is 1. The van der Waals surface area contributed by atoms with E-state index in [1.807, 2.05) is 35.2 Å². The van der Waals surface area contributed by atoms with E-state index in [0.29, 0.717) is 6.54 Å². The first kappa shape index (κ1) is 14.7. The lowest BCUT2D eigenvalue weighted by Crippen LogP contribution is -2.36. The highest BCUT2D eigenvalue weighted by Gasteiger charge is 2.20. The van der Waals surface area contributed by atoms with Crippen LogP contribution in [-0.2, 0) is 9.53 Å². The number of ether oxygens (including phenoxy) is 1. The lowest BCUT2D eigenvalue weighted by molar-refractivity contribution is -0.142. The Balaban J connectivity index is 2.83. The second-order valence-electron chi connectivity index (χ2n) is 4.10. The van der Waals surface area contributed by atoms with Gasteiger partial charge in [-0.1, -0.05) is 37.3 Å². The monoisotopic (exact) mass is 251 g/mol. The van der Waals surface area contributed by atoms with Gasteiger partial charge in [-0.25, -0.2) is 0 Å². The van der Waals surface area contributed by atoms with Crippen molar-refractivity contribution in [3.8, 4) is 0 Å². The summed E-state index contributed by atoms with van der Waals surface area (Å²) in [5, 5.41) is 9.12. The standard InChI is InChI=1S/C14H21NO3/c1-3-13(12-7-5-4-6-8-12)15(9-10-16)11-14(17)18-2/h4-8,13,16H,3,9-11H2,1-2H3. The van der Waals surface area contributed by atoms with Gasteiger partial charge in [0.05, 0.1) is 20.3 Å². The smallest absolute Gasteiger partial charge is 0.319 e. The molecule has 0 aromatic heterocycles. The Morgan fingerprint density at radius 1 is 1.39 bits per heavy atom. The van der Waals surface area contributed by atoms with Crippen LogP contribution in [0.1, 0.15) is 24.9 Å². The Morgan fingerprint density at radius 2 is 2.06 bits per heavy atom. The van der Waals surface area contributed by atoms with E-state index >= 15 is 0 Å². The van der Waals surface area contributed by atoms with Crippen molar-refractivity contribution in [3.63, 3.8) is 0 Å². The minimum absolute atomic E-state index is 0.0281. The van der Waals surface area contributed by atoms with Crippen LogP contribution in [0.2, 0.25) is 0 Å². The van der Waals surface area contributed by atoms with E-state index < -0.39 is 0 Å². The SMILES string of the molecule is CCC(c1ccccc1)N(CCO)CC(=O)OC. The van der Waals surface area contributed by atoms with Gasteiger partial charge in [-0.05, 0) is 12.0 Å². The minimum atomic E-state index is -0.280. The summed E-state index contributed by atoms with van der Waals surface area (Å²) >= 11 is 0. The normalized spacial score (nSPS) is 12.4. The molecule has 0 aliphatic carbocycles. The Morgan fingerprint density at radius 3 is 2.56 bits per heavy atom. The lowest BCUT2D eigenvalue weighted by Gasteiger charge is -2.29. The van der Waals surface area contributed by atoms with Gasteiger partial charge in [0.1, 0.15) is 0 Å². The highest BCUT2D eigenvalue weighted by Crippen LogP contribution is 2.23. The molecule has 0 fully saturated rings. The van der Waals surface area contributed by atoms with Crippen LogP contribution in [0.25, 0.3) is 0 Å². The topological polar surface area (TPSA) is 49.8 Å². The molecule has 0 saturated heterocycles. The zero-order valence-corrected chi connectivity index (χ0v) is 11.0. The van der Waals surface area contributed by atoms with Gasteiger partial charge in [0, 0.05) is 12.6 Å². The molecule has 0 aliphatic rings. The first-order valence-corrected chi connectivity index (χ1v) is 6.19. The Labute approximate surface area is 108 Å². The molecule has 0 spiro atoms. The Kier molecular flexibility index (Phi) is 6.39. The number of nitrogens with zero attached hydrogens (tertiary/aromatic N) is 1. The molecule has 0 heterocycles. The molecule has 1 unspecified atom stereocenters. The van der Waals surface area contributed by atoms with Gasteiger partial charge < -0.3 is 9.84 Å². The minimum Gasteiger partial charge on any atom is -0.468 e. The van der Waals surface area contributed by atoms with Crippen LogP contribution in [0.4, 0.5) is 0 Å². The second kappa shape index (κ2) is 7.84. The third-order valence-corrected chi connectivity index (χ3v) is 2.96. The molecule has 4 heteroatoms. The van der Waals surface area contributed by atoms with Crippen molar-refractivity contribution in [1.82, 2.24) is 4.90 Å². The van der Waals surface area contributed by atoms with Crippen LogP contribution >= 0.6 is 0 Å². The predicted molar refractivity (Wildman–Crippen MR) is 70.1 cm³/mol. The van der Waals surface area contributed by atoms with E-state index in [2.05, 4.69) is 6.92 Å². The summed E-state index contributed by atoms with van der Waals surface area (Å²) in [5.74, 6) is -0.280. The average molecular weight is 251 g/mol. The molecule has 18 heavy (non-hydrogen) atoms. The molecule has 100 valence electrons. The van der Waals surface area contributed by atoms with Crippen molar-refractivity contribution < 1.29 is 14.6 Å². The molecule has 1 N–H and O–H groups in total. The van der Waals surface area contributed by atoms with E-state index in [1.54, 1.807) is 0 Å². The van der Waals surface area contributed by atoms with Crippen molar-refractivity contribution in [2.24, 2.45) is 0 Å². The van der Waals surface area contributed by atoms with Gasteiger partial charge in [-0.15, -0.1) is 0 Å². The summed E-state index contributed by atoms with van der Waals surface area (Å²) in [6, 6.07) is 10.1. The van der Waals surface area contributed by atoms with Gasteiger partial charge in [-0.3, -0.25) is 9.69 Å². The first-order valence-electron chi connectivity index (χ1n) is 6.19. The molecule has 0 amide bonds. The van der Waals surface area contributed by atoms with E-state index in [1.165, 1.54) is 7.11 Å². The fourth-order valence-corrected chi connectivity index (χ4v) is 2.08. The van der Waals surface area contributed by atoms with Crippen LogP contribution < -0.4 is 0 Å². The molecule has 0 bridgehead atoms. The van der Waals surface area contributed by atoms with E-state index in [0.717, 1.165) is 12.0 Å².